The minimum absolute atomic E-state index is 0.0470. The third-order valence-electron chi connectivity index (χ3n) is 9.80. The van der Waals surface area contributed by atoms with Gasteiger partial charge < -0.3 is 20.6 Å². The number of carbonyl (C=O) groups excluding carboxylic acids is 2. The maximum atomic E-state index is 13.9. The summed E-state index contributed by atoms with van der Waals surface area (Å²) < 4.78 is 0. The quantitative estimate of drug-likeness (QED) is 0.144. The molecule has 9 nitrogen and oxygen atoms in total. The Bertz CT molecular complexity index is 1270. The molecule has 2 aromatic rings. The highest BCUT2D eigenvalue weighted by atomic mass is 28.3. The molecule has 1 aromatic heterocycles. The largest absolute Gasteiger partial charge is 0.481 e. The Balaban J connectivity index is 1.51. The van der Waals surface area contributed by atoms with Gasteiger partial charge in [0.05, 0.1) is 37.8 Å². The lowest BCUT2D eigenvalue weighted by Gasteiger charge is -2.48. The van der Waals surface area contributed by atoms with Crippen LogP contribution in [0.5, 0.6) is 0 Å². The Hall–Kier alpha value is -3.14. The van der Waals surface area contributed by atoms with E-state index in [4.69, 9.17) is 0 Å². The van der Waals surface area contributed by atoms with Crippen LogP contribution in [0.15, 0.2) is 30.3 Å². The number of carboxylic acid groups (broad SMARTS) is 1. The van der Waals surface area contributed by atoms with E-state index < -0.39 is 31.5 Å². The third kappa shape index (κ3) is 6.28. The molecule has 0 bridgehead atoms. The number of nitrogens with zero attached hydrogens (tertiary/aromatic N) is 2. The summed E-state index contributed by atoms with van der Waals surface area (Å²) in [5.41, 5.74) is 1.81. The van der Waals surface area contributed by atoms with Crippen molar-refractivity contribution in [2.24, 2.45) is 5.92 Å². The summed E-state index contributed by atoms with van der Waals surface area (Å²) in [6.45, 7) is 13.1. The zero-order chi connectivity index (χ0) is 30.7. The first-order valence-corrected chi connectivity index (χ1v) is 19.1. The Morgan fingerprint density at radius 1 is 1.10 bits per heavy atom. The number of urea groups is 1. The van der Waals surface area contributed by atoms with Crippen LogP contribution in [-0.4, -0.2) is 46.2 Å². The lowest BCUT2D eigenvalue weighted by atomic mass is 9.83. The van der Waals surface area contributed by atoms with Crippen LogP contribution in [0, 0.1) is 5.92 Å². The fourth-order valence-electron chi connectivity index (χ4n) is 6.65. The van der Waals surface area contributed by atoms with E-state index in [1.54, 1.807) is 4.90 Å². The Morgan fingerprint density at radius 3 is 2.36 bits per heavy atom. The summed E-state index contributed by atoms with van der Waals surface area (Å²) in [7, 11) is -1.76. The molecule has 1 unspecified atom stereocenters. The molecule has 0 spiro atoms. The molecule has 1 aromatic carbocycles. The van der Waals surface area contributed by atoms with E-state index in [1.165, 1.54) is 0 Å². The molecular weight excluding hydrogens is 546 g/mol. The lowest BCUT2D eigenvalue weighted by molar-refractivity contribution is -0.142. The highest BCUT2D eigenvalue weighted by molar-refractivity contribution is 6.83. The van der Waals surface area contributed by atoms with Gasteiger partial charge in [0.1, 0.15) is 0 Å². The van der Waals surface area contributed by atoms with Gasteiger partial charge in [-0.25, -0.2) is 4.79 Å². The van der Waals surface area contributed by atoms with E-state index in [0.717, 1.165) is 61.8 Å². The van der Waals surface area contributed by atoms with Gasteiger partial charge in [-0.15, -0.1) is 0 Å². The predicted octanol–water partition coefficient (Wildman–Crippen LogP) is 7.17. The first-order chi connectivity index (χ1) is 19.8. The second-order valence-corrected chi connectivity index (χ2v) is 19.2. The van der Waals surface area contributed by atoms with Crippen molar-refractivity contribution in [3.63, 3.8) is 0 Å². The number of nitrogens with one attached hydrogen (secondary N) is 3. The maximum absolute atomic E-state index is 13.9. The van der Waals surface area contributed by atoms with Crippen LogP contribution in [0.1, 0.15) is 101 Å². The van der Waals surface area contributed by atoms with Gasteiger partial charge >= 0.3 is 12.0 Å². The smallest absolute Gasteiger partial charge is 0.318 e. The number of hydrogen-bond donors (Lipinski definition) is 4. The Kier molecular flexibility index (Phi) is 9.54. The number of benzene rings is 1. The molecule has 0 saturated heterocycles. The molecular formula is C32H49N5O4Si. The minimum atomic E-state index is -1.76. The fourth-order valence-corrected chi connectivity index (χ4v) is 9.25. The van der Waals surface area contributed by atoms with Gasteiger partial charge in [0.15, 0.2) is 5.82 Å². The summed E-state index contributed by atoms with van der Waals surface area (Å²) in [6, 6.07) is 8.88. The maximum Gasteiger partial charge on any atom is 0.318 e. The highest BCUT2D eigenvalue weighted by Gasteiger charge is 2.54. The SMILES string of the molecule is CCCCCC[C@@H](CC(NC(=O)N1Cc2c(NC(=O)C3([Si](C)(C)C)CCC3)n[nH]c2C1(C)C)c1ccccc1)C(=O)O. The summed E-state index contributed by atoms with van der Waals surface area (Å²) >= 11 is 0. The van der Waals surface area contributed by atoms with Crippen molar-refractivity contribution in [1.82, 2.24) is 20.4 Å². The number of unbranched alkanes of at least 4 members (excludes halogenated alkanes) is 3. The molecule has 2 heterocycles. The van der Waals surface area contributed by atoms with Crippen LogP contribution >= 0.6 is 0 Å². The number of H-pyrrole nitrogens is 1. The number of aromatic nitrogens is 2. The standard InChI is InChI=1S/C32H49N5O4Si/c1-7-8-9-11-17-23(28(38)39)20-25(22-15-12-10-13-16-22)33-30(41)37-21-24-26(31(37,2)3)35-36-27(24)34-29(40)32(18-14-19-32)42(4,5)6/h10,12-13,15-16,23,25H,7-9,11,14,17-21H2,1-6H3,(H,33,41)(H,38,39)(H2,34,35,36,40)/t23-,25?/m0/s1. The van der Waals surface area contributed by atoms with Crippen LogP contribution in [0.25, 0.3) is 0 Å². The number of aliphatic carboxylic acids is 1. The van der Waals surface area contributed by atoms with E-state index in [9.17, 15) is 19.5 Å². The molecule has 2 aliphatic rings. The van der Waals surface area contributed by atoms with Crippen LogP contribution in [0.4, 0.5) is 10.6 Å². The number of anilines is 1. The fraction of sp³-hybridized carbons (Fsp3) is 0.625. The van der Waals surface area contributed by atoms with Gasteiger partial charge in [-0.05, 0) is 45.1 Å². The van der Waals surface area contributed by atoms with E-state index >= 15 is 0 Å². The lowest BCUT2D eigenvalue weighted by Crippen LogP contribution is -2.52. The van der Waals surface area contributed by atoms with Crippen molar-refractivity contribution < 1.29 is 19.5 Å². The second kappa shape index (κ2) is 12.6. The summed E-state index contributed by atoms with van der Waals surface area (Å²) in [4.78, 5) is 41.4. The third-order valence-corrected chi connectivity index (χ3v) is 13.4. The van der Waals surface area contributed by atoms with Crippen LogP contribution in [0.2, 0.25) is 24.7 Å². The van der Waals surface area contributed by atoms with Crippen molar-refractivity contribution in [3.8, 4) is 0 Å². The molecule has 10 heteroatoms. The highest BCUT2D eigenvalue weighted by Crippen LogP contribution is 2.56. The predicted molar refractivity (Wildman–Crippen MR) is 168 cm³/mol. The number of carboxylic acids is 1. The summed E-state index contributed by atoms with van der Waals surface area (Å²) in [5, 5.41) is 23.6. The molecule has 4 rings (SSSR count). The molecule has 4 N–H and O–H groups in total. The topological polar surface area (TPSA) is 127 Å². The molecule has 42 heavy (non-hydrogen) atoms. The van der Waals surface area contributed by atoms with E-state index in [-0.39, 0.29) is 17.0 Å². The first-order valence-electron chi connectivity index (χ1n) is 15.6. The van der Waals surface area contributed by atoms with E-state index in [2.05, 4.69) is 47.4 Å². The molecule has 230 valence electrons. The normalized spacial score (nSPS) is 18.5. The van der Waals surface area contributed by atoms with Crippen LogP contribution in [0.3, 0.4) is 0 Å². The number of fused-ring (bicyclic) bond motifs is 1. The number of aromatic amines is 1. The van der Waals surface area contributed by atoms with Crippen LogP contribution < -0.4 is 10.6 Å². The molecule has 1 fully saturated rings. The van der Waals surface area contributed by atoms with Gasteiger partial charge in [0, 0.05) is 10.6 Å². The monoisotopic (exact) mass is 595 g/mol. The molecule has 1 saturated carbocycles. The molecule has 1 aliphatic heterocycles. The van der Waals surface area contributed by atoms with Crippen molar-refractivity contribution in [3.05, 3.63) is 47.2 Å². The first kappa shape index (κ1) is 31.8. The number of amides is 3. The van der Waals surface area contributed by atoms with Gasteiger partial charge in [-0.1, -0.05) is 89.0 Å². The Morgan fingerprint density at radius 2 is 1.79 bits per heavy atom. The zero-order valence-electron chi connectivity index (χ0n) is 26.2. The molecule has 0 radical (unpaired) electrons. The molecule has 2 atom stereocenters. The van der Waals surface area contributed by atoms with Crippen LogP contribution in [-0.2, 0) is 21.7 Å². The van der Waals surface area contributed by atoms with Crippen molar-refractivity contribution in [1.29, 1.82) is 0 Å². The van der Waals surface area contributed by atoms with E-state index in [1.807, 2.05) is 44.2 Å². The van der Waals surface area contributed by atoms with Gasteiger partial charge in [-0.3, -0.25) is 14.7 Å². The van der Waals surface area contributed by atoms with E-state index in [0.29, 0.717) is 25.2 Å². The summed E-state index contributed by atoms with van der Waals surface area (Å²) in [6.07, 6.45) is 7.85. The number of carbonyl (C=O) groups is 3. The molecule has 3 amide bonds. The average Bonchev–Trinajstić information content (AvgIpc) is 3.41. The zero-order valence-corrected chi connectivity index (χ0v) is 27.2. The van der Waals surface area contributed by atoms with Gasteiger partial charge in [0.25, 0.3) is 0 Å². The second-order valence-electron chi connectivity index (χ2n) is 13.7. The van der Waals surface area contributed by atoms with Crippen molar-refractivity contribution in [2.45, 2.75) is 121 Å². The van der Waals surface area contributed by atoms with Crippen molar-refractivity contribution in [2.75, 3.05) is 5.32 Å². The Labute approximate surface area is 251 Å². The number of hydrogen-bond acceptors (Lipinski definition) is 4. The van der Waals surface area contributed by atoms with Gasteiger partial charge in [0.2, 0.25) is 5.91 Å². The van der Waals surface area contributed by atoms with Crippen molar-refractivity contribution >= 4 is 31.8 Å². The minimum Gasteiger partial charge on any atom is -0.481 e. The average molecular weight is 596 g/mol. The summed E-state index contributed by atoms with van der Waals surface area (Å²) in [5.74, 6) is -0.832. The number of rotatable bonds is 13. The van der Waals surface area contributed by atoms with Gasteiger partial charge in [-0.2, -0.15) is 5.10 Å². The molecule has 1 aliphatic carbocycles.